The summed E-state index contributed by atoms with van der Waals surface area (Å²) in [6.07, 6.45) is 0.678. The minimum atomic E-state index is -0.145. The van der Waals surface area contributed by atoms with Crippen molar-refractivity contribution in [2.24, 2.45) is 0 Å². The minimum Gasteiger partial charge on any atom is -0.508 e. The summed E-state index contributed by atoms with van der Waals surface area (Å²) in [5, 5.41) is 16.2. The molecule has 34 heavy (non-hydrogen) atoms. The molecular weight excluding hydrogens is 454 g/mol. The van der Waals surface area contributed by atoms with Crippen LogP contribution in [0.3, 0.4) is 0 Å². The molecule has 0 aliphatic carbocycles. The van der Waals surface area contributed by atoms with Gasteiger partial charge in [-0.05, 0) is 42.3 Å². The van der Waals surface area contributed by atoms with Crippen LogP contribution < -0.4 is 24.8 Å². The van der Waals surface area contributed by atoms with E-state index in [1.807, 2.05) is 24.3 Å². The summed E-state index contributed by atoms with van der Waals surface area (Å²) in [6, 6.07) is 16.0. The molecule has 0 aliphatic rings. The molecule has 3 N–H and O–H groups in total. The number of hydrogen-bond acceptors (Lipinski definition) is 8. The average Bonchev–Trinajstić information content (AvgIpc) is 3.25. The summed E-state index contributed by atoms with van der Waals surface area (Å²) in [7, 11) is 4.69. The second kappa shape index (κ2) is 10.3. The number of phenolic OH excluding ortho intramolecular Hbond substituents is 1. The molecule has 0 spiro atoms. The molecule has 0 radical (unpaired) electrons. The van der Waals surface area contributed by atoms with Crippen LogP contribution in [0.1, 0.15) is 15.9 Å². The van der Waals surface area contributed by atoms with Gasteiger partial charge >= 0.3 is 0 Å². The highest BCUT2D eigenvalue weighted by Gasteiger charge is 2.15. The zero-order valence-electron chi connectivity index (χ0n) is 19.0. The molecular formula is C25H25N3O5S. The Morgan fingerprint density at radius 1 is 0.971 bits per heavy atom. The first-order chi connectivity index (χ1) is 16.5. The number of aromatic nitrogens is 1. The first-order valence-electron chi connectivity index (χ1n) is 10.5. The van der Waals surface area contributed by atoms with Crippen LogP contribution in [0.4, 0.5) is 10.8 Å². The molecule has 4 aromatic rings. The van der Waals surface area contributed by atoms with E-state index in [1.165, 1.54) is 11.3 Å². The SMILES string of the molecule is COc1cc(Nc2nc3ccc(C(=O)NCCc4ccc(O)cc4)cc3s2)cc(OC)c1OC. The molecule has 0 bridgehead atoms. The second-order valence-corrected chi connectivity index (χ2v) is 8.44. The van der Waals surface area contributed by atoms with Crippen molar-refractivity contribution in [3.05, 3.63) is 65.7 Å². The molecule has 4 rings (SSSR count). The van der Waals surface area contributed by atoms with E-state index in [0.29, 0.717) is 40.9 Å². The van der Waals surface area contributed by atoms with E-state index in [1.54, 1.807) is 51.7 Å². The quantitative estimate of drug-likeness (QED) is 0.319. The van der Waals surface area contributed by atoms with Gasteiger partial charge in [-0.15, -0.1) is 0 Å². The van der Waals surface area contributed by atoms with E-state index in [-0.39, 0.29) is 11.7 Å². The van der Waals surface area contributed by atoms with Crippen LogP contribution in [0.15, 0.2) is 54.6 Å². The predicted octanol–water partition coefficient (Wildman–Crippen LogP) is 4.74. The van der Waals surface area contributed by atoms with Gasteiger partial charge in [0.2, 0.25) is 5.75 Å². The van der Waals surface area contributed by atoms with Crippen molar-refractivity contribution in [3.8, 4) is 23.0 Å². The monoisotopic (exact) mass is 479 g/mol. The van der Waals surface area contributed by atoms with Gasteiger partial charge in [-0.1, -0.05) is 23.5 Å². The molecule has 0 saturated carbocycles. The van der Waals surface area contributed by atoms with Crippen LogP contribution in [0.2, 0.25) is 0 Å². The fourth-order valence-corrected chi connectivity index (χ4v) is 4.41. The Morgan fingerprint density at radius 2 is 1.68 bits per heavy atom. The third-order valence-corrected chi connectivity index (χ3v) is 6.14. The molecule has 3 aromatic carbocycles. The van der Waals surface area contributed by atoms with E-state index in [0.717, 1.165) is 21.5 Å². The standard InChI is InChI=1S/C25H25N3O5S/c1-31-20-13-17(14-21(32-2)23(20)33-3)27-25-28-19-9-6-16(12-22(19)34-25)24(30)26-11-10-15-4-7-18(29)8-5-15/h4-9,12-14,29H,10-11H2,1-3H3,(H,26,30)(H,27,28). The number of hydrogen-bond donors (Lipinski definition) is 3. The second-order valence-electron chi connectivity index (χ2n) is 7.41. The summed E-state index contributed by atoms with van der Waals surface area (Å²) in [5.41, 5.74) is 3.14. The maximum atomic E-state index is 12.6. The van der Waals surface area contributed by atoms with Gasteiger partial charge in [0.05, 0.1) is 31.5 Å². The molecule has 1 aromatic heterocycles. The van der Waals surface area contributed by atoms with Crippen molar-refractivity contribution in [1.82, 2.24) is 10.3 Å². The Bertz CT molecular complexity index is 1280. The molecule has 1 heterocycles. The van der Waals surface area contributed by atoms with Gasteiger partial charge in [-0.3, -0.25) is 4.79 Å². The van der Waals surface area contributed by atoms with Crippen molar-refractivity contribution >= 4 is 38.3 Å². The number of benzene rings is 3. The first-order valence-corrected chi connectivity index (χ1v) is 11.4. The third-order valence-electron chi connectivity index (χ3n) is 5.20. The van der Waals surface area contributed by atoms with Crippen LogP contribution >= 0.6 is 11.3 Å². The number of rotatable bonds is 9. The number of thiazole rings is 1. The number of carbonyl (C=O) groups excluding carboxylic acids is 1. The van der Waals surface area contributed by atoms with Crippen LogP contribution in [0, 0.1) is 0 Å². The van der Waals surface area contributed by atoms with Gasteiger partial charge in [0.15, 0.2) is 16.6 Å². The van der Waals surface area contributed by atoms with Gasteiger partial charge in [-0.2, -0.15) is 0 Å². The predicted molar refractivity (Wildman–Crippen MR) is 133 cm³/mol. The summed E-state index contributed by atoms with van der Waals surface area (Å²) in [5.74, 6) is 1.67. The largest absolute Gasteiger partial charge is 0.508 e. The van der Waals surface area contributed by atoms with Gasteiger partial charge in [-0.25, -0.2) is 4.98 Å². The zero-order valence-corrected chi connectivity index (χ0v) is 19.9. The lowest BCUT2D eigenvalue weighted by molar-refractivity contribution is 0.0954. The Balaban J connectivity index is 1.45. The number of phenols is 1. The van der Waals surface area contributed by atoms with Gasteiger partial charge < -0.3 is 30.0 Å². The molecule has 0 unspecified atom stereocenters. The number of amides is 1. The fourth-order valence-electron chi connectivity index (χ4n) is 3.48. The first kappa shape index (κ1) is 23.2. The topological polar surface area (TPSA) is 102 Å². The molecule has 0 atom stereocenters. The average molecular weight is 480 g/mol. The lowest BCUT2D eigenvalue weighted by atomic mass is 10.1. The number of fused-ring (bicyclic) bond motifs is 1. The molecule has 1 amide bonds. The Kier molecular flexibility index (Phi) is 7.03. The summed E-state index contributed by atoms with van der Waals surface area (Å²) in [4.78, 5) is 17.2. The fraction of sp³-hybridized carbons (Fsp3) is 0.200. The number of methoxy groups -OCH3 is 3. The Morgan fingerprint density at radius 3 is 2.32 bits per heavy atom. The molecule has 176 valence electrons. The summed E-state index contributed by atoms with van der Waals surface area (Å²) >= 11 is 1.44. The number of nitrogens with one attached hydrogen (secondary N) is 2. The van der Waals surface area contributed by atoms with Gasteiger partial charge in [0.1, 0.15) is 5.75 Å². The van der Waals surface area contributed by atoms with E-state index in [9.17, 15) is 9.90 Å². The minimum absolute atomic E-state index is 0.145. The van der Waals surface area contributed by atoms with E-state index in [2.05, 4.69) is 15.6 Å². The van der Waals surface area contributed by atoms with Crippen molar-refractivity contribution < 1.29 is 24.1 Å². The molecule has 0 saturated heterocycles. The highest BCUT2D eigenvalue weighted by atomic mass is 32.1. The van der Waals surface area contributed by atoms with Gasteiger partial charge in [0, 0.05) is 29.9 Å². The summed E-state index contributed by atoms with van der Waals surface area (Å²) in [6.45, 7) is 0.498. The molecule has 0 aliphatic heterocycles. The van der Waals surface area contributed by atoms with Crippen molar-refractivity contribution in [2.75, 3.05) is 33.2 Å². The van der Waals surface area contributed by atoms with Crippen LogP contribution in [-0.2, 0) is 6.42 Å². The van der Waals surface area contributed by atoms with E-state index in [4.69, 9.17) is 14.2 Å². The zero-order chi connectivity index (χ0) is 24.1. The van der Waals surface area contributed by atoms with E-state index < -0.39 is 0 Å². The number of anilines is 2. The summed E-state index contributed by atoms with van der Waals surface area (Å²) < 4.78 is 17.1. The van der Waals surface area contributed by atoms with Crippen LogP contribution in [0.25, 0.3) is 10.2 Å². The normalized spacial score (nSPS) is 10.7. The van der Waals surface area contributed by atoms with Crippen molar-refractivity contribution in [3.63, 3.8) is 0 Å². The lowest BCUT2D eigenvalue weighted by Crippen LogP contribution is -2.25. The molecule has 0 fully saturated rings. The van der Waals surface area contributed by atoms with Crippen molar-refractivity contribution in [2.45, 2.75) is 6.42 Å². The Labute approximate surface area is 201 Å². The van der Waals surface area contributed by atoms with Crippen molar-refractivity contribution in [1.29, 1.82) is 0 Å². The number of ether oxygens (including phenoxy) is 3. The maximum Gasteiger partial charge on any atom is 0.251 e. The number of carbonyl (C=O) groups is 1. The number of aromatic hydroxyl groups is 1. The van der Waals surface area contributed by atoms with E-state index >= 15 is 0 Å². The number of nitrogens with zero attached hydrogens (tertiary/aromatic N) is 1. The highest BCUT2D eigenvalue weighted by molar-refractivity contribution is 7.22. The third kappa shape index (κ3) is 5.15. The maximum absolute atomic E-state index is 12.6. The smallest absolute Gasteiger partial charge is 0.251 e. The van der Waals surface area contributed by atoms with Crippen LogP contribution in [-0.4, -0.2) is 43.9 Å². The lowest BCUT2D eigenvalue weighted by Gasteiger charge is -2.14. The van der Waals surface area contributed by atoms with Crippen LogP contribution in [0.5, 0.6) is 23.0 Å². The Hall–Kier alpha value is -3.98. The molecule has 8 nitrogen and oxygen atoms in total. The molecule has 9 heteroatoms. The highest BCUT2D eigenvalue weighted by Crippen LogP contribution is 2.41. The van der Waals surface area contributed by atoms with Gasteiger partial charge in [0.25, 0.3) is 5.91 Å².